The van der Waals surface area contributed by atoms with Gasteiger partial charge in [-0.15, -0.1) is 0 Å². The molecular weight excluding hydrogens is 833 g/mol. The van der Waals surface area contributed by atoms with Crippen molar-refractivity contribution < 1.29 is 51.0 Å². The summed E-state index contributed by atoms with van der Waals surface area (Å²) in [6.07, 6.45) is 0. The maximum absolute atomic E-state index is 14.7. The molecule has 0 aliphatic carbocycles. The quantitative estimate of drug-likeness (QED) is 0.107. The van der Waals surface area contributed by atoms with Crippen molar-refractivity contribution in [2.75, 3.05) is 76.1 Å². The van der Waals surface area contributed by atoms with Gasteiger partial charge < -0.3 is 29.7 Å². The van der Waals surface area contributed by atoms with Gasteiger partial charge in [-0.05, 0) is 54.6 Å². The van der Waals surface area contributed by atoms with Crippen LogP contribution in [0, 0.1) is 34.1 Å². The summed E-state index contributed by atoms with van der Waals surface area (Å²) < 4.78 is 71.7. The summed E-state index contributed by atoms with van der Waals surface area (Å²) in [6, 6.07) is 15.1. The van der Waals surface area contributed by atoms with Crippen LogP contribution in [0.5, 0.6) is 0 Å². The number of benzene rings is 4. The number of ether oxygens (including phenoxy) is 3. The Hall–Kier alpha value is -5.26. The SMILES string of the molecule is COC(=O)c1ccc(CN(C(=O)N2CC3(COC3)C2)c2ccc(F)c(Cl)c2)c(F)c1.NCC(=O)c1ccc(CN(C(=O)N2CC3(COC3)C2)c2ccc(F)c(Cl)c2)c(F)c1. The van der Waals surface area contributed by atoms with Crippen LogP contribution in [-0.2, 0) is 27.3 Å². The molecule has 0 atom stereocenters. The largest absolute Gasteiger partial charge is 0.465 e. The number of nitrogens with zero attached hydrogens (tertiary/aromatic N) is 4. The Morgan fingerprint density at radius 3 is 1.42 bits per heavy atom. The summed E-state index contributed by atoms with van der Waals surface area (Å²) in [5.74, 6) is -3.56. The monoisotopic (exact) mass is 871 g/mol. The van der Waals surface area contributed by atoms with Crippen molar-refractivity contribution in [1.82, 2.24) is 9.80 Å². The Kier molecular flexibility index (Phi) is 12.4. The molecule has 8 rings (SSSR count). The molecule has 4 heterocycles. The molecule has 18 heteroatoms. The standard InChI is InChI=1S/C21H20ClF2N3O3.C21H19ClF2N2O4/c22-16-6-15(3-4-17(16)23)27(20(29)26-9-21(10-26)11-30-12-21)8-14-2-1-13(5-18(14)24)19(28)7-25;1-29-19(27)13-2-3-14(18(24)6-13)8-26(15-4-5-17(23)16(22)7-15)20(28)25-9-21(10-25)11-30-12-21/h1-6H,7-12,25H2;2-7H,8-12H2,1H3. The number of halogens is 6. The van der Waals surface area contributed by atoms with Crippen LogP contribution in [-0.4, -0.2) is 99.9 Å². The number of ketones is 1. The van der Waals surface area contributed by atoms with Gasteiger partial charge in [-0.1, -0.05) is 41.4 Å². The van der Waals surface area contributed by atoms with E-state index in [9.17, 15) is 36.7 Å². The number of nitrogens with two attached hydrogens (primary N) is 1. The number of amides is 4. The highest BCUT2D eigenvalue weighted by molar-refractivity contribution is 6.31. The molecule has 4 amide bonds. The number of rotatable bonds is 9. The molecule has 60 heavy (non-hydrogen) atoms. The zero-order valence-corrected chi connectivity index (χ0v) is 33.7. The van der Waals surface area contributed by atoms with Gasteiger partial charge in [-0.2, -0.15) is 0 Å². The van der Waals surface area contributed by atoms with Gasteiger partial charge in [0.1, 0.15) is 23.3 Å². The van der Waals surface area contributed by atoms with E-state index in [1.54, 1.807) is 9.80 Å². The fourth-order valence-corrected chi connectivity index (χ4v) is 7.71. The molecule has 4 aliphatic rings. The first-order chi connectivity index (χ1) is 28.6. The van der Waals surface area contributed by atoms with Gasteiger partial charge in [0, 0.05) is 54.2 Å². The number of hydrogen-bond donors (Lipinski definition) is 1. The molecular formula is C42H39Cl2F4N5O7. The van der Waals surface area contributed by atoms with Crippen LogP contribution in [0.25, 0.3) is 0 Å². The number of Topliss-reactive ketones (excluding diaryl/α,β-unsaturated/α-hetero) is 1. The number of carbonyl (C=O) groups excluding carboxylic acids is 4. The van der Waals surface area contributed by atoms with Gasteiger partial charge in [0.15, 0.2) is 5.78 Å². The Bertz CT molecular complexity index is 2170. The van der Waals surface area contributed by atoms with Crippen molar-refractivity contribution in [1.29, 1.82) is 0 Å². The van der Waals surface area contributed by atoms with Crippen LogP contribution in [0.15, 0.2) is 72.8 Å². The molecule has 4 aliphatic heterocycles. The van der Waals surface area contributed by atoms with Gasteiger partial charge in [0.25, 0.3) is 0 Å². The average Bonchev–Trinajstić information content (AvgIpc) is 3.16. The fourth-order valence-electron chi connectivity index (χ4n) is 7.36. The van der Waals surface area contributed by atoms with Crippen LogP contribution < -0.4 is 15.5 Å². The zero-order valence-electron chi connectivity index (χ0n) is 32.2. The summed E-state index contributed by atoms with van der Waals surface area (Å²) >= 11 is 11.8. The molecule has 0 unspecified atom stereocenters. The van der Waals surface area contributed by atoms with E-state index in [0.717, 1.165) is 24.3 Å². The summed E-state index contributed by atoms with van der Waals surface area (Å²) in [4.78, 5) is 55.6. The molecule has 2 spiro atoms. The Labute approximate surface area is 352 Å². The molecule has 4 fully saturated rings. The van der Waals surface area contributed by atoms with Gasteiger partial charge >= 0.3 is 18.0 Å². The number of urea groups is 2. The third kappa shape index (κ3) is 8.79. The van der Waals surface area contributed by atoms with Crippen molar-refractivity contribution in [3.05, 3.63) is 128 Å². The number of anilines is 2. The molecule has 0 saturated carbocycles. The second-order valence-corrected chi connectivity index (χ2v) is 16.2. The van der Waals surface area contributed by atoms with E-state index in [2.05, 4.69) is 4.74 Å². The topological polar surface area (TPSA) is 135 Å². The number of carbonyl (C=O) groups is 4. The minimum Gasteiger partial charge on any atom is -0.465 e. The third-order valence-corrected chi connectivity index (χ3v) is 11.4. The molecule has 4 saturated heterocycles. The van der Waals surface area contributed by atoms with Crippen molar-refractivity contribution in [2.45, 2.75) is 13.1 Å². The van der Waals surface area contributed by atoms with Crippen molar-refractivity contribution in [2.24, 2.45) is 16.6 Å². The maximum Gasteiger partial charge on any atom is 0.337 e. The molecule has 316 valence electrons. The highest BCUT2D eigenvalue weighted by Gasteiger charge is 2.52. The normalized spacial score (nSPS) is 16.7. The summed E-state index contributed by atoms with van der Waals surface area (Å²) in [5.41, 5.74) is 6.66. The second kappa shape index (κ2) is 17.4. The van der Waals surface area contributed by atoms with Crippen LogP contribution >= 0.6 is 23.2 Å². The first kappa shape index (κ1) is 42.8. The van der Waals surface area contributed by atoms with Crippen molar-refractivity contribution >= 4 is 58.4 Å². The van der Waals surface area contributed by atoms with E-state index < -0.39 is 29.2 Å². The number of esters is 1. The Morgan fingerprint density at radius 1 is 0.650 bits per heavy atom. The summed E-state index contributed by atoms with van der Waals surface area (Å²) in [7, 11) is 1.21. The van der Waals surface area contributed by atoms with Crippen molar-refractivity contribution in [3.63, 3.8) is 0 Å². The Morgan fingerprint density at radius 2 is 1.07 bits per heavy atom. The van der Waals surface area contributed by atoms with E-state index in [0.29, 0.717) is 64.0 Å². The molecule has 0 bridgehead atoms. The zero-order chi connectivity index (χ0) is 42.9. The molecule has 0 radical (unpaired) electrons. The maximum atomic E-state index is 14.7. The van der Waals surface area contributed by atoms with E-state index in [1.165, 1.54) is 65.4 Å². The number of likely N-dealkylation sites (tertiary alicyclic amines) is 2. The fraction of sp³-hybridized carbons (Fsp3) is 0.333. The lowest BCUT2D eigenvalue weighted by molar-refractivity contribution is -0.174. The lowest BCUT2D eigenvalue weighted by Crippen LogP contribution is -2.68. The minimum atomic E-state index is -0.660. The van der Waals surface area contributed by atoms with Crippen LogP contribution in [0.1, 0.15) is 31.8 Å². The van der Waals surface area contributed by atoms with Crippen molar-refractivity contribution in [3.8, 4) is 0 Å². The minimum absolute atomic E-state index is 0.00911. The van der Waals surface area contributed by atoms with E-state index in [4.69, 9.17) is 38.4 Å². The Balaban J connectivity index is 0.000000181. The van der Waals surface area contributed by atoms with Gasteiger partial charge in [-0.25, -0.2) is 31.9 Å². The summed E-state index contributed by atoms with van der Waals surface area (Å²) in [5, 5.41) is -0.276. The number of hydrogen-bond acceptors (Lipinski definition) is 8. The predicted molar refractivity (Wildman–Crippen MR) is 213 cm³/mol. The average molecular weight is 873 g/mol. The summed E-state index contributed by atoms with van der Waals surface area (Å²) in [6.45, 7) is 4.19. The van der Waals surface area contributed by atoms with E-state index in [-0.39, 0.29) is 80.6 Å². The molecule has 4 aromatic rings. The third-order valence-electron chi connectivity index (χ3n) is 10.9. The molecule has 12 nitrogen and oxygen atoms in total. The first-order valence-corrected chi connectivity index (χ1v) is 19.5. The van der Waals surface area contributed by atoms with Gasteiger partial charge in [0.05, 0.1) is 79.6 Å². The lowest BCUT2D eigenvalue weighted by Gasteiger charge is -2.55. The smallest absolute Gasteiger partial charge is 0.337 e. The van der Waals surface area contributed by atoms with E-state index >= 15 is 0 Å². The second-order valence-electron chi connectivity index (χ2n) is 15.4. The van der Waals surface area contributed by atoms with Gasteiger partial charge in [0.2, 0.25) is 0 Å². The van der Waals surface area contributed by atoms with E-state index in [1.807, 2.05) is 0 Å². The highest BCUT2D eigenvalue weighted by atomic mass is 35.5. The van der Waals surface area contributed by atoms with Crippen LogP contribution in [0.2, 0.25) is 10.0 Å². The van der Waals surface area contributed by atoms with Crippen LogP contribution in [0.4, 0.5) is 38.5 Å². The van der Waals surface area contributed by atoms with Gasteiger partial charge in [-0.3, -0.25) is 14.6 Å². The molecule has 2 N–H and O–H groups in total. The highest BCUT2D eigenvalue weighted by Crippen LogP contribution is 2.40. The first-order valence-electron chi connectivity index (χ1n) is 18.7. The molecule has 0 aromatic heterocycles. The predicted octanol–water partition coefficient (Wildman–Crippen LogP) is 7.08. The molecule has 4 aromatic carbocycles. The number of methoxy groups -OCH3 is 1. The van der Waals surface area contributed by atoms with Crippen LogP contribution in [0.3, 0.4) is 0 Å². The lowest BCUT2D eigenvalue weighted by atomic mass is 9.78.